The van der Waals surface area contributed by atoms with Gasteiger partial charge in [-0.2, -0.15) is 0 Å². The third-order valence-electron chi connectivity index (χ3n) is 3.66. The van der Waals surface area contributed by atoms with Crippen molar-refractivity contribution in [2.24, 2.45) is 5.92 Å². The first kappa shape index (κ1) is 8.27. The van der Waals surface area contributed by atoms with Crippen molar-refractivity contribution < 1.29 is 9.21 Å². The summed E-state index contributed by atoms with van der Waals surface area (Å²) in [6.07, 6.45) is 7.06. The van der Waals surface area contributed by atoms with Gasteiger partial charge in [0.15, 0.2) is 0 Å². The second-order valence-corrected chi connectivity index (χ2v) is 4.45. The van der Waals surface area contributed by atoms with Gasteiger partial charge in [0.25, 0.3) is 0 Å². The second-order valence-electron chi connectivity index (χ2n) is 4.45. The van der Waals surface area contributed by atoms with Crippen LogP contribution in [0, 0.1) is 5.92 Å². The molecule has 14 heavy (non-hydrogen) atoms. The summed E-state index contributed by atoms with van der Waals surface area (Å²) < 4.78 is 5.50. The Labute approximate surface area is 83.3 Å². The van der Waals surface area contributed by atoms with Crippen molar-refractivity contribution in [2.45, 2.75) is 38.0 Å². The highest BCUT2D eigenvalue weighted by Crippen LogP contribution is 2.43. The lowest BCUT2D eigenvalue weighted by molar-refractivity contribution is -0.119. The highest BCUT2D eigenvalue weighted by Gasteiger charge is 2.39. The first-order chi connectivity index (χ1) is 6.86. The molecule has 0 N–H and O–H groups in total. The second kappa shape index (κ2) is 2.97. The van der Waals surface area contributed by atoms with E-state index in [4.69, 9.17) is 4.42 Å². The van der Waals surface area contributed by atoms with E-state index in [2.05, 4.69) is 0 Å². The third-order valence-corrected chi connectivity index (χ3v) is 3.66. The maximum absolute atomic E-state index is 11.8. The summed E-state index contributed by atoms with van der Waals surface area (Å²) in [4.78, 5) is 11.8. The first-order valence-electron chi connectivity index (χ1n) is 5.45. The predicted molar refractivity (Wildman–Crippen MR) is 52.1 cm³/mol. The maximum atomic E-state index is 11.8. The van der Waals surface area contributed by atoms with Gasteiger partial charge >= 0.3 is 0 Å². The fourth-order valence-electron chi connectivity index (χ4n) is 2.97. The zero-order chi connectivity index (χ0) is 9.54. The van der Waals surface area contributed by atoms with Crippen molar-refractivity contribution in [3.63, 3.8) is 0 Å². The maximum Gasteiger partial charge on any atom is 0.143 e. The summed E-state index contributed by atoms with van der Waals surface area (Å²) in [6, 6.07) is 2.03. The molecule has 1 aromatic rings. The molecule has 2 heteroatoms. The highest BCUT2D eigenvalue weighted by atomic mass is 16.3. The molecular formula is C12H14O2. The standard InChI is InChI=1S/C12H14O2/c13-10-5-4-8-2-1-3-9-6-7-14-12(9)11(8)10/h6-8,11H,1-5H2/t8-,11-/m0/s1. The molecule has 0 amide bonds. The van der Waals surface area contributed by atoms with E-state index in [0.29, 0.717) is 11.7 Å². The van der Waals surface area contributed by atoms with Crippen LogP contribution in [0.4, 0.5) is 0 Å². The van der Waals surface area contributed by atoms with Crippen LogP contribution in [0.3, 0.4) is 0 Å². The topological polar surface area (TPSA) is 30.2 Å². The smallest absolute Gasteiger partial charge is 0.143 e. The molecule has 1 fully saturated rings. The van der Waals surface area contributed by atoms with E-state index in [1.54, 1.807) is 6.26 Å². The van der Waals surface area contributed by atoms with Crippen LogP contribution in [-0.2, 0) is 11.2 Å². The molecule has 1 saturated carbocycles. The van der Waals surface area contributed by atoms with E-state index in [-0.39, 0.29) is 5.92 Å². The minimum absolute atomic E-state index is 0.0995. The SMILES string of the molecule is O=C1CC[C@@H]2CCCc3ccoc3[C@H]12. The number of furan rings is 1. The van der Waals surface area contributed by atoms with Gasteiger partial charge in [-0.1, -0.05) is 0 Å². The molecule has 0 saturated heterocycles. The van der Waals surface area contributed by atoms with Gasteiger partial charge in [0.1, 0.15) is 11.5 Å². The summed E-state index contributed by atoms with van der Waals surface area (Å²) in [6.45, 7) is 0. The van der Waals surface area contributed by atoms with Gasteiger partial charge in [0, 0.05) is 6.42 Å². The number of carbonyl (C=O) groups excluding carboxylic acids is 1. The molecule has 74 valence electrons. The lowest BCUT2D eigenvalue weighted by Crippen LogP contribution is -2.11. The van der Waals surface area contributed by atoms with E-state index in [9.17, 15) is 4.79 Å². The first-order valence-corrected chi connectivity index (χ1v) is 5.45. The lowest BCUT2D eigenvalue weighted by atomic mass is 9.91. The quantitative estimate of drug-likeness (QED) is 0.629. The van der Waals surface area contributed by atoms with Crippen LogP contribution in [0.1, 0.15) is 42.9 Å². The fraction of sp³-hybridized carbons (Fsp3) is 0.583. The summed E-state index contributed by atoms with van der Waals surface area (Å²) in [5.41, 5.74) is 1.27. The minimum atomic E-state index is 0.0995. The van der Waals surface area contributed by atoms with Crippen molar-refractivity contribution in [3.05, 3.63) is 23.7 Å². The van der Waals surface area contributed by atoms with Gasteiger partial charge < -0.3 is 4.42 Å². The van der Waals surface area contributed by atoms with Crippen molar-refractivity contribution >= 4 is 5.78 Å². The minimum Gasteiger partial charge on any atom is -0.468 e. The summed E-state index contributed by atoms with van der Waals surface area (Å²) in [5.74, 6) is 2.04. The molecule has 0 aliphatic heterocycles. The van der Waals surface area contributed by atoms with Crippen molar-refractivity contribution in [3.8, 4) is 0 Å². The molecule has 2 atom stereocenters. The number of ketones is 1. The molecule has 0 radical (unpaired) electrons. The zero-order valence-electron chi connectivity index (χ0n) is 8.16. The lowest BCUT2D eigenvalue weighted by Gasteiger charge is -2.13. The molecule has 0 aromatic carbocycles. The monoisotopic (exact) mass is 190 g/mol. The number of aryl methyl sites for hydroxylation is 1. The number of rotatable bonds is 0. The molecule has 3 rings (SSSR count). The Kier molecular flexibility index (Phi) is 1.76. The van der Waals surface area contributed by atoms with Crippen LogP contribution in [0.15, 0.2) is 16.7 Å². The van der Waals surface area contributed by atoms with Gasteiger partial charge in [0.2, 0.25) is 0 Å². The Balaban J connectivity index is 2.07. The van der Waals surface area contributed by atoms with Crippen LogP contribution in [0.25, 0.3) is 0 Å². The number of hydrogen-bond acceptors (Lipinski definition) is 2. The van der Waals surface area contributed by atoms with Gasteiger partial charge in [-0.25, -0.2) is 0 Å². The largest absolute Gasteiger partial charge is 0.468 e. The Morgan fingerprint density at radius 3 is 3.14 bits per heavy atom. The molecule has 2 aliphatic carbocycles. The van der Waals surface area contributed by atoms with E-state index in [1.807, 2.05) is 6.07 Å². The van der Waals surface area contributed by atoms with Crippen LogP contribution in [-0.4, -0.2) is 5.78 Å². The molecular weight excluding hydrogens is 176 g/mol. The number of Topliss-reactive ketones (excluding diaryl/α,β-unsaturated/α-hetero) is 1. The number of fused-ring (bicyclic) bond motifs is 3. The summed E-state index contributed by atoms with van der Waals surface area (Å²) >= 11 is 0. The molecule has 2 nitrogen and oxygen atoms in total. The number of hydrogen-bond donors (Lipinski definition) is 0. The molecule has 0 unspecified atom stereocenters. The van der Waals surface area contributed by atoms with Crippen molar-refractivity contribution in [2.75, 3.05) is 0 Å². The zero-order valence-corrected chi connectivity index (χ0v) is 8.16. The van der Waals surface area contributed by atoms with Crippen LogP contribution < -0.4 is 0 Å². The summed E-state index contributed by atoms with van der Waals surface area (Å²) in [5, 5.41) is 0. The van der Waals surface area contributed by atoms with Crippen molar-refractivity contribution in [1.29, 1.82) is 0 Å². The summed E-state index contributed by atoms with van der Waals surface area (Å²) in [7, 11) is 0. The van der Waals surface area contributed by atoms with E-state index in [0.717, 1.165) is 25.0 Å². The van der Waals surface area contributed by atoms with Crippen LogP contribution in [0.5, 0.6) is 0 Å². The molecule has 1 aromatic heterocycles. The fourth-order valence-corrected chi connectivity index (χ4v) is 2.97. The average molecular weight is 190 g/mol. The molecule has 0 bridgehead atoms. The van der Waals surface area contributed by atoms with Crippen molar-refractivity contribution in [1.82, 2.24) is 0 Å². The Morgan fingerprint density at radius 1 is 1.29 bits per heavy atom. The van der Waals surface area contributed by atoms with Crippen LogP contribution >= 0.6 is 0 Å². The van der Waals surface area contributed by atoms with Gasteiger partial charge in [0.05, 0.1) is 12.2 Å². The predicted octanol–water partition coefficient (Wildman–Crippen LogP) is 2.68. The Morgan fingerprint density at radius 2 is 2.21 bits per heavy atom. The van der Waals surface area contributed by atoms with E-state index < -0.39 is 0 Å². The van der Waals surface area contributed by atoms with E-state index in [1.165, 1.54) is 18.4 Å². The average Bonchev–Trinajstić information content (AvgIpc) is 2.71. The molecule has 0 spiro atoms. The Bertz CT molecular complexity index is 364. The molecule has 1 heterocycles. The van der Waals surface area contributed by atoms with Gasteiger partial charge in [-0.3, -0.25) is 4.79 Å². The van der Waals surface area contributed by atoms with Crippen LogP contribution in [0.2, 0.25) is 0 Å². The van der Waals surface area contributed by atoms with E-state index >= 15 is 0 Å². The molecule has 2 aliphatic rings. The number of carbonyl (C=O) groups is 1. The third kappa shape index (κ3) is 1.06. The normalized spacial score (nSPS) is 31.0. The Hall–Kier alpha value is -1.05. The van der Waals surface area contributed by atoms with Gasteiger partial charge in [-0.15, -0.1) is 0 Å². The highest BCUT2D eigenvalue weighted by molar-refractivity contribution is 5.88. The van der Waals surface area contributed by atoms with Gasteiger partial charge in [-0.05, 0) is 43.2 Å².